The van der Waals surface area contributed by atoms with Gasteiger partial charge in [0.2, 0.25) is 0 Å². The van der Waals surface area contributed by atoms with Crippen molar-refractivity contribution in [3.05, 3.63) is 112 Å². The van der Waals surface area contributed by atoms with Crippen LogP contribution in [0, 0.1) is 5.92 Å². The Labute approximate surface area is 257 Å². The van der Waals surface area contributed by atoms with Crippen LogP contribution in [0.5, 0.6) is 46.0 Å². The Morgan fingerprint density at radius 3 is 1.93 bits per heavy atom. The first kappa shape index (κ1) is 30.6. The third-order valence-corrected chi connectivity index (χ3v) is 8.01. The SMILES string of the molecule is CC1=C[C@H](c2c(O)ccc(C(=O)C=Cc3ccc(O)cc3O)c2O)[C@H](C(=O)c2ccc(O)cc2O)[C@@H](c2ccc(O)cc2O)C1. The molecule has 0 aromatic heterocycles. The molecule has 0 saturated carbocycles. The molecular formula is C35H30O10. The predicted molar refractivity (Wildman–Crippen MR) is 164 cm³/mol. The van der Waals surface area contributed by atoms with Crippen molar-refractivity contribution in [1.82, 2.24) is 0 Å². The largest absolute Gasteiger partial charge is 0.508 e. The molecule has 8 N–H and O–H groups in total. The number of aromatic hydroxyl groups is 8. The number of allylic oxidation sites excluding steroid dienone is 3. The molecule has 1 aliphatic carbocycles. The lowest BCUT2D eigenvalue weighted by Crippen LogP contribution is -2.31. The van der Waals surface area contributed by atoms with Crippen molar-refractivity contribution in [1.29, 1.82) is 0 Å². The number of phenols is 8. The molecule has 0 bridgehead atoms. The zero-order valence-corrected chi connectivity index (χ0v) is 23.9. The molecule has 0 radical (unpaired) electrons. The van der Waals surface area contributed by atoms with E-state index in [9.17, 15) is 50.4 Å². The van der Waals surface area contributed by atoms with Gasteiger partial charge in [0.15, 0.2) is 11.6 Å². The molecule has 0 saturated heterocycles. The number of rotatable bonds is 7. The molecule has 10 nitrogen and oxygen atoms in total. The number of hydrogen-bond donors (Lipinski definition) is 8. The summed E-state index contributed by atoms with van der Waals surface area (Å²) in [4.78, 5) is 27.5. The van der Waals surface area contributed by atoms with Crippen molar-refractivity contribution in [3.8, 4) is 46.0 Å². The lowest BCUT2D eigenvalue weighted by atomic mass is 9.65. The van der Waals surface area contributed by atoms with Gasteiger partial charge in [-0.25, -0.2) is 0 Å². The van der Waals surface area contributed by atoms with Crippen LogP contribution in [0.3, 0.4) is 0 Å². The van der Waals surface area contributed by atoms with Crippen molar-refractivity contribution >= 4 is 17.6 Å². The molecule has 4 aromatic rings. The molecule has 3 atom stereocenters. The molecule has 0 aliphatic heterocycles. The fraction of sp³-hybridized carbons (Fsp3) is 0.143. The van der Waals surface area contributed by atoms with E-state index >= 15 is 0 Å². The summed E-state index contributed by atoms with van der Waals surface area (Å²) in [6.45, 7) is 1.77. The average molecular weight is 611 g/mol. The molecule has 230 valence electrons. The maximum atomic E-state index is 14.3. The Kier molecular flexibility index (Phi) is 8.15. The lowest BCUT2D eigenvalue weighted by molar-refractivity contribution is 0.0876. The number of Topliss-reactive ketones (excluding diaryl/α,β-unsaturated/α-hetero) is 1. The summed E-state index contributed by atoms with van der Waals surface area (Å²) in [5.74, 6) is -7.07. The van der Waals surface area contributed by atoms with Crippen LogP contribution in [-0.2, 0) is 0 Å². The van der Waals surface area contributed by atoms with Crippen molar-refractivity contribution in [3.63, 3.8) is 0 Å². The quantitative estimate of drug-likeness (QED) is 0.0704. The summed E-state index contributed by atoms with van der Waals surface area (Å²) in [6.07, 6.45) is 4.31. The summed E-state index contributed by atoms with van der Waals surface area (Å²) in [5.41, 5.74) is 0.750. The van der Waals surface area contributed by atoms with Gasteiger partial charge in [-0.15, -0.1) is 0 Å². The highest BCUT2D eigenvalue weighted by Crippen LogP contribution is 2.53. The minimum Gasteiger partial charge on any atom is -0.508 e. The van der Waals surface area contributed by atoms with Crippen molar-refractivity contribution in [2.45, 2.75) is 25.2 Å². The molecule has 45 heavy (non-hydrogen) atoms. The van der Waals surface area contributed by atoms with Gasteiger partial charge in [0.1, 0.15) is 46.0 Å². The van der Waals surface area contributed by atoms with E-state index in [0.717, 1.165) is 29.8 Å². The summed E-state index contributed by atoms with van der Waals surface area (Å²) in [5, 5.41) is 83.3. The summed E-state index contributed by atoms with van der Waals surface area (Å²) < 4.78 is 0. The first-order valence-electron chi connectivity index (χ1n) is 13.9. The molecule has 0 unspecified atom stereocenters. The molecular weight excluding hydrogens is 580 g/mol. The van der Waals surface area contributed by atoms with Crippen molar-refractivity contribution in [2.24, 2.45) is 5.92 Å². The minimum atomic E-state index is -1.16. The van der Waals surface area contributed by atoms with Crippen LogP contribution >= 0.6 is 0 Å². The van der Waals surface area contributed by atoms with Gasteiger partial charge in [-0.05, 0) is 73.5 Å². The van der Waals surface area contributed by atoms with E-state index in [1.54, 1.807) is 13.0 Å². The first-order valence-corrected chi connectivity index (χ1v) is 13.9. The number of phenolic OH excluding ortho intramolecular Hbond substituents is 8. The van der Waals surface area contributed by atoms with Gasteiger partial charge in [-0.2, -0.15) is 0 Å². The fourth-order valence-electron chi connectivity index (χ4n) is 5.92. The zero-order valence-electron chi connectivity index (χ0n) is 23.9. The normalized spacial score (nSPS) is 18.1. The third kappa shape index (κ3) is 5.98. The molecule has 1 aliphatic rings. The molecule has 0 spiro atoms. The van der Waals surface area contributed by atoms with Gasteiger partial charge >= 0.3 is 0 Å². The van der Waals surface area contributed by atoms with E-state index in [0.29, 0.717) is 5.56 Å². The standard InChI is InChI=1S/C35H30O10/c1-17-12-25(22-7-5-20(37)15-30(22)42)32(34(44)24-8-6-21(38)16-31(24)43)26(13-17)33-28(40)11-9-23(35(33)45)27(39)10-3-18-2-4-19(36)14-29(18)41/h2-11,13-16,25-26,32,36-38,40-43,45H,12H2,1H3/t25-,26+,32-/m1/s1. The topological polar surface area (TPSA) is 196 Å². The highest BCUT2D eigenvalue weighted by Gasteiger charge is 2.43. The van der Waals surface area contributed by atoms with Crippen molar-refractivity contribution < 1.29 is 50.4 Å². The van der Waals surface area contributed by atoms with Crippen LogP contribution in [0.4, 0.5) is 0 Å². The summed E-state index contributed by atoms with van der Waals surface area (Å²) >= 11 is 0. The molecule has 0 fully saturated rings. The Bertz CT molecular complexity index is 1890. The number of ketones is 2. The molecule has 10 heteroatoms. The van der Waals surface area contributed by atoms with E-state index in [1.807, 2.05) is 0 Å². The molecule has 5 rings (SSSR count). The van der Waals surface area contributed by atoms with Gasteiger partial charge in [0.05, 0.1) is 11.1 Å². The Morgan fingerprint density at radius 2 is 1.29 bits per heavy atom. The highest BCUT2D eigenvalue weighted by atomic mass is 16.3. The second kappa shape index (κ2) is 12.0. The number of carbonyl (C=O) groups excluding carboxylic acids is 2. The van der Waals surface area contributed by atoms with Crippen LogP contribution in [0.15, 0.2) is 84.5 Å². The third-order valence-electron chi connectivity index (χ3n) is 8.01. The van der Waals surface area contributed by atoms with Crippen molar-refractivity contribution in [2.75, 3.05) is 0 Å². The van der Waals surface area contributed by atoms with E-state index in [1.165, 1.54) is 54.6 Å². The van der Waals surface area contributed by atoms with Crippen LogP contribution in [0.25, 0.3) is 6.08 Å². The van der Waals surface area contributed by atoms with Gasteiger partial charge in [0, 0.05) is 47.1 Å². The molecule has 4 aromatic carbocycles. The maximum Gasteiger partial charge on any atom is 0.189 e. The summed E-state index contributed by atoms with van der Waals surface area (Å²) in [6, 6.07) is 13.6. The Hall–Kier alpha value is -5.90. The van der Waals surface area contributed by atoms with Gasteiger partial charge in [-0.3, -0.25) is 9.59 Å². The number of carbonyl (C=O) groups is 2. The fourth-order valence-corrected chi connectivity index (χ4v) is 5.92. The zero-order chi connectivity index (χ0) is 32.6. The monoisotopic (exact) mass is 610 g/mol. The first-order chi connectivity index (χ1) is 21.3. The van der Waals surface area contributed by atoms with E-state index in [4.69, 9.17) is 0 Å². The van der Waals surface area contributed by atoms with Gasteiger partial charge in [-0.1, -0.05) is 17.7 Å². The highest BCUT2D eigenvalue weighted by molar-refractivity contribution is 6.09. The van der Waals surface area contributed by atoms with E-state index < -0.39 is 46.6 Å². The predicted octanol–water partition coefficient (Wildman–Crippen LogP) is 5.94. The van der Waals surface area contributed by atoms with Crippen LogP contribution in [0.2, 0.25) is 0 Å². The van der Waals surface area contributed by atoms with Crippen LogP contribution in [0.1, 0.15) is 62.6 Å². The minimum absolute atomic E-state index is 0.138. The number of benzene rings is 4. The second-order valence-corrected chi connectivity index (χ2v) is 11.0. The number of hydrogen-bond acceptors (Lipinski definition) is 10. The lowest BCUT2D eigenvalue weighted by Gasteiger charge is -2.37. The Balaban J connectivity index is 1.65. The Morgan fingerprint density at radius 1 is 0.689 bits per heavy atom. The second-order valence-electron chi connectivity index (χ2n) is 11.0. The van der Waals surface area contributed by atoms with Crippen LogP contribution < -0.4 is 0 Å². The maximum absolute atomic E-state index is 14.3. The van der Waals surface area contributed by atoms with E-state index in [2.05, 4.69) is 0 Å². The molecule has 0 amide bonds. The summed E-state index contributed by atoms with van der Waals surface area (Å²) in [7, 11) is 0. The van der Waals surface area contributed by atoms with Gasteiger partial charge in [0.25, 0.3) is 0 Å². The van der Waals surface area contributed by atoms with Gasteiger partial charge < -0.3 is 40.9 Å². The average Bonchev–Trinajstić information content (AvgIpc) is 2.96. The smallest absolute Gasteiger partial charge is 0.189 e. The van der Waals surface area contributed by atoms with Crippen LogP contribution in [-0.4, -0.2) is 52.4 Å². The molecule has 0 heterocycles. The van der Waals surface area contributed by atoms with E-state index in [-0.39, 0.29) is 57.4 Å².